The van der Waals surface area contributed by atoms with E-state index in [9.17, 15) is 0 Å². The fraction of sp³-hybridized carbons (Fsp3) is 1.00. The van der Waals surface area contributed by atoms with E-state index in [2.05, 4.69) is 26.1 Å². The second-order valence-electron chi connectivity index (χ2n) is 4.20. The molecular formula is C10H24N2. The van der Waals surface area contributed by atoms with Crippen molar-refractivity contribution < 1.29 is 0 Å². The van der Waals surface area contributed by atoms with E-state index in [0.29, 0.717) is 0 Å². The molecular weight excluding hydrogens is 148 g/mol. The smallest absolute Gasteiger partial charge is 0.0109 e. The van der Waals surface area contributed by atoms with Gasteiger partial charge in [-0.05, 0) is 39.8 Å². The molecule has 12 heavy (non-hydrogen) atoms. The molecule has 0 rings (SSSR count). The van der Waals surface area contributed by atoms with Gasteiger partial charge < -0.3 is 11.1 Å². The molecule has 0 saturated carbocycles. The summed E-state index contributed by atoms with van der Waals surface area (Å²) < 4.78 is 0. The van der Waals surface area contributed by atoms with E-state index in [1.54, 1.807) is 0 Å². The molecule has 3 N–H and O–H groups in total. The number of nitrogens with one attached hydrogen (secondary N) is 1. The largest absolute Gasteiger partial charge is 0.326 e. The molecule has 2 nitrogen and oxygen atoms in total. The van der Waals surface area contributed by atoms with Crippen LogP contribution in [0.15, 0.2) is 0 Å². The Morgan fingerprint density at radius 2 is 1.83 bits per heavy atom. The molecule has 0 aliphatic heterocycles. The van der Waals surface area contributed by atoms with Crippen LogP contribution < -0.4 is 11.1 Å². The molecule has 0 atom stereocenters. The minimum atomic E-state index is -0.0161. The molecule has 0 aromatic heterocycles. The van der Waals surface area contributed by atoms with Gasteiger partial charge in [0.15, 0.2) is 0 Å². The Hall–Kier alpha value is -0.0800. The Kier molecular flexibility index (Phi) is 6.39. The first-order valence-corrected chi connectivity index (χ1v) is 5.06. The van der Waals surface area contributed by atoms with Crippen molar-refractivity contribution in [3.63, 3.8) is 0 Å². The van der Waals surface area contributed by atoms with Crippen LogP contribution in [0.4, 0.5) is 0 Å². The summed E-state index contributed by atoms with van der Waals surface area (Å²) in [6, 6.07) is 0. The average Bonchev–Trinajstić information content (AvgIpc) is 1.94. The molecule has 0 bridgehead atoms. The van der Waals surface area contributed by atoms with Crippen LogP contribution in [0.2, 0.25) is 0 Å². The third kappa shape index (κ3) is 9.92. The van der Waals surface area contributed by atoms with E-state index in [4.69, 9.17) is 5.73 Å². The van der Waals surface area contributed by atoms with E-state index in [1.165, 1.54) is 19.3 Å². The lowest BCUT2D eigenvalue weighted by molar-refractivity contribution is 0.452. The summed E-state index contributed by atoms with van der Waals surface area (Å²) >= 11 is 0. The predicted octanol–water partition coefficient (Wildman–Crippen LogP) is 1.89. The first-order valence-electron chi connectivity index (χ1n) is 5.06. The maximum atomic E-state index is 5.84. The molecule has 0 fully saturated rings. The first-order chi connectivity index (χ1) is 5.56. The van der Waals surface area contributed by atoms with Crippen molar-refractivity contribution in [2.75, 3.05) is 13.1 Å². The van der Waals surface area contributed by atoms with Crippen LogP contribution in [0.3, 0.4) is 0 Å². The van der Waals surface area contributed by atoms with Crippen LogP contribution in [0.1, 0.15) is 46.5 Å². The molecule has 0 radical (unpaired) electrons. The van der Waals surface area contributed by atoms with Gasteiger partial charge in [0.05, 0.1) is 0 Å². The minimum Gasteiger partial charge on any atom is -0.326 e. The van der Waals surface area contributed by atoms with Crippen LogP contribution >= 0.6 is 0 Å². The third-order valence-corrected chi connectivity index (χ3v) is 1.90. The monoisotopic (exact) mass is 172 g/mol. The van der Waals surface area contributed by atoms with Gasteiger partial charge in [-0.2, -0.15) is 0 Å². The SMILES string of the molecule is CCCCCNCCC(C)(C)N. The molecule has 0 aliphatic carbocycles. The number of hydrogen-bond donors (Lipinski definition) is 2. The normalized spacial score (nSPS) is 12.0. The average molecular weight is 172 g/mol. The van der Waals surface area contributed by atoms with E-state index < -0.39 is 0 Å². The quantitative estimate of drug-likeness (QED) is 0.576. The Morgan fingerprint density at radius 1 is 1.17 bits per heavy atom. The minimum absolute atomic E-state index is 0.0161. The van der Waals surface area contributed by atoms with Crippen LogP contribution in [0.25, 0.3) is 0 Å². The van der Waals surface area contributed by atoms with Gasteiger partial charge in [-0.15, -0.1) is 0 Å². The highest BCUT2D eigenvalue weighted by Gasteiger charge is 2.08. The molecule has 0 spiro atoms. The van der Waals surface area contributed by atoms with Crippen molar-refractivity contribution >= 4 is 0 Å². The Morgan fingerprint density at radius 3 is 2.33 bits per heavy atom. The summed E-state index contributed by atoms with van der Waals surface area (Å²) in [6.07, 6.45) is 4.98. The molecule has 0 aliphatic rings. The van der Waals surface area contributed by atoms with Crippen LogP contribution in [0, 0.1) is 0 Å². The molecule has 0 aromatic rings. The van der Waals surface area contributed by atoms with Crippen molar-refractivity contribution in [3.8, 4) is 0 Å². The van der Waals surface area contributed by atoms with Crippen molar-refractivity contribution in [1.29, 1.82) is 0 Å². The molecule has 0 unspecified atom stereocenters. The number of hydrogen-bond acceptors (Lipinski definition) is 2. The molecule has 74 valence electrons. The van der Waals surface area contributed by atoms with Crippen molar-refractivity contribution in [1.82, 2.24) is 5.32 Å². The molecule has 0 heterocycles. The lowest BCUT2D eigenvalue weighted by atomic mass is 10.0. The van der Waals surface area contributed by atoms with Gasteiger partial charge in [0.25, 0.3) is 0 Å². The van der Waals surface area contributed by atoms with Gasteiger partial charge in [-0.1, -0.05) is 19.8 Å². The van der Waals surface area contributed by atoms with Crippen molar-refractivity contribution in [2.45, 2.75) is 52.0 Å². The standard InChI is InChI=1S/C10H24N2/c1-4-5-6-8-12-9-7-10(2,3)11/h12H,4-9,11H2,1-3H3. The molecule has 0 aromatic carbocycles. The summed E-state index contributed by atoms with van der Waals surface area (Å²) in [5.41, 5.74) is 5.82. The molecule has 2 heteroatoms. The van der Waals surface area contributed by atoms with E-state index in [-0.39, 0.29) is 5.54 Å². The molecule has 0 saturated heterocycles. The van der Waals surface area contributed by atoms with Gasteiger partial charge in [-0.25, -0.2) is 0 Å². The first kappa shape index (κ1) is 11.9. The fourth-order valence-corrected chi connectivity index (χ4v) is 1.04. The van der Waals surface area contributed by atoms with Crippen molar-refractivity contribution in [2.24, 2.45) is 5.73 Å². The van der Waals surface area contributed by atoms with Crippen LogP contribution in [-0.2, 0) is 0 Å². The second-order valence-corrected chi connectivity index (χ2v) is 4.20. The maximum absolute atomic E-state index is 5.84. The summed E-state index contributed by atoms with van der Waals surface area (Å²) in [5, 5.41) is 3.40. The van der Waals surface area contributed by atoms with Crippen molar-refractivity contribution in [3.05, 3.63) is 0 Å². The summed E-state index contributed by atoms with van der Waals surface area (Å²) in [6.45, 7) is 8.56. The zero-order chi connectivity index (χ0) is 9.45. The lowest BCUT2D eigenvalue weighted by Gasteiger charge is -2.18. The number of nitrogens with two attached hydrogens (primary N) is 1. The Bertz CT molecular complexity index is 94.5. The van der Waals surface area contributed by atoms with E-state index >= 15 is 0 Å². The maximum Gasteiger partial charge on any atom is 0.0109 e. The fourth-order valence-electron chi connectivity index (χ4n) is 1.04. The summed E-state index contributed by atoms with van der Waals surface area (Å²) in [7, 11) is 0. The zero-order valence-corrected chi connectivity index (χ0v) is 8.82. The van der Waals surface area contributed by atoms with Gasteiger partial charge in [0, 0.05) is 5.54 Å². The Balaban J connectivity index is 3.01. The van der Waals surface area contributed by atoms with Gasteiger partial charge in [-0.3, -0.25) is 0 Å². The van der Waals surface area contributed by atoms with E-state index in [1.807, 2.05) is 0 Å². The van der Waals surface area contributed by atoms with Gasteiger partial charge in [0.2, 0.25) is 0 Å². The summed E-state index contributed by atoms with van der Waals surface area (Å²) in [5.74, 6) is 0. The van der Waals surface area contributed by atoms with Crippen LogP contribution in [0.5, 0.6) is 0 Å². The van der Waals surface area contributed by atoms with Gasteiger partial charge >= 0.3 is 0 Å². The predicted molar refractivity (Wildman–Crippen MR) is 55.3 cm³/mol. The number of rotatable bonds is 7. The number of unbranched alkanes of at least 4 members (excludes halogenated alkanes) is 2. The van der Waals surface area contributed by atoms with E-state index in [0.717, 1.165) is 19.5 Å². The highest BCUT2D eigenvalue weighted by atomic mass is 14.9. The Labute approximate surface area is 76.9 Å². The highest BCUT2D eigenvalue weighted by molar-refractivity contribution is 4.72. The third-order valence-electron chi connectivity index (χ3n) is 1.90. The highest BCUT2D eigenvalue weighted by Crippen LogP contribution is 2.01. The topological polar surface area (TPSA) is 38.0 Å². The second kappa shape index (κ2) is 6.44. The van der Waals surface area contributed by atoms with Crippen LogP contribution in [-0.4, -0.2) is 18.6 Å². The lowest BCUT2D eigenvalue weighted by Crippen LogP contribution is -2.35. The zero-order valence-electron chi connectivity index (χ0n) is 8.82. The molecule has 0 amide bonds. The van der Waals surface area contributed by atoms with Gasteiger partial charge in [0.1, 0.15) is 0 Å². The summed E-state index contributed by atoms with van der Waals surface area (Å²) in [4.78, 5) is 0.